The Bertz CT molecular complexity index is 1150. The number of hydrogen-bond acceptors (Lipinski definition) is 13. The number of carbonyl (C=O) groups excluding carboxylic acids is 4. The van der Waals surface area contributed by atoms with E-state index in [1.165, 1.54) is 95.5 Å². The predicted octanol–water partition coefficient (Wildman–Crippen LogP) is 9.89. The van der Waals surface area contributed by atoms with E-state index >= 15 is 0 Å². The van der Waals surface area contributed by atoms with Gasteiger partial charge < -0.3 is 49.9 Å². The number of carboxylic acid groups (broad SMARTS) is 1. The van der Waals surface area contributed by atoms with Crippen molar-refractivity contribution in [1.29, 1.82) is 0 Å². The summed E-state index contributed by atoms with van der Waals surface area (Å²) in [7, 11) is 0. The number of carbonyl (C=O) groups is 5. The normalized spacial score (nSPS) is 12.1. The summed E-state index contributed by atoms with van der Waals surface area (Å²) in [6.07, 6.45) is 28.9. The Hall–Kier alpha value is -2.87. The summed E-state index contributed by atoms with van der Waals surface area (Å²) in [4.78, 5) is 55.5. The molecule has 0 saturated heterocycles. The smallest absolute Gasteiger partial charge is 0.303 e. The summed E-state index contributed by atoms with van der Waals surface area (Å²) < 4.78 is 34.5. The Labute approximate surface area is 423 Å². The van der Waals surface area contributed by atoms with Crippen molar-refractivity contribution < 1.29 is 62.6 Å². The Kier molecular flexibility index (Phi) is 66.5. The van der Waals surface area contributed by atoms with Crippen molar-refractivity contribution in [2.45, 2.75) is 202 Å². The van der Waals surface area contributed by atoms with Crippen LogP contribution in [0.2, 0.25) is 0 Å². The summed E-state index contributed by atoms with van der Waals surface area (Å²) in [6.45, 7) is 16.5. The number of allylic oxidation sites excluding steroid dienone is 2. The van der Waals surface area contributed by atoms with Gasteiger partial charge in [-0.05, 0) is 68.9 Å². The number of unbranched alkanes of at least 4 members (excludes halogenated alkanes) is 15. The number of ether oxygens (including phenoxy) is 4. The number of amides is 3. The zero-order valence-electron chi connectivity index (χ0n) is 44.1. The SMILES string of the molecule is CCC(C)NS.CCCC=O.CCCCCCCCCCCCCCCCCC(=O)O.CCOCCOCCNC(=O)CCC(C)C(O)=C1CCC1.O=CNCCOCCOCC(=O)NCCOF. The molecule has 0 aromatic carbocycles. The van der Waals surface area contributed by atoms with Gasteiger partial charge in [-0.2, -0.15) is 4.94 Å². The molecule has 18 heteroatoms. The molecule has 0 radical (unpaired) electrons. The number of halogens is 1. The van der Waals surface area contributed by atoms with E-state index in [9.17, 15) is 33.6 Å². The Morgan fingerprint density at radius 1 is 0.652 bits per heavy atom. The van der Waals surface area contributed by atoms with Gasteiger partial charge in [-0.3, -0.25) is 23.9 Å². The molecular formula is C51H101FN4O12S. The average Bonchev–Trinajstić information content (AvgIpc) is 3.32. The first kappa shape index (κ1) is 72.7. The minimum atomic E-state index is -0.653. The minimum Gasteiger partial charge on any atom is -0.512 e. The molecule has 1 rings (SSSR count). The third-order valence-corrected chi connectivity index (χ3v) is 11.0. The zero-order valence-corrected chi connectivity index (χ0v) is 45.0. The van der Waals surface area contributed by atoms with Crippen molar-refractivity contribution in [2.75, 3.05) is 79.1 Å². The Morgan fingerprint density at radius 2 is 1.16 bits per heavy atom. The van der Waals surface area contributed by atoms with Gasteiger partial charge in [0.05, 0.1) is 45.4 Å². The first-order chi connectivity index (χ1) is 33.4. The van der Waals surface area contributed by atoms with Gasteiger partial charge in [0.1, 0.15) is 19.5 Å². The summed E-state index contributed by atoms with van der Waals surface area (Å²) in [5.41, 5.74) is 1.17. The maximum absolute atomic E-state index is 11.7. The van der Waals surface area contributed by atoms with Crippen LogP contribution < -0.4 is 20.7 Å². The summed E-state index contributed by atoms with van der Waals surface area (Å²) in [6, 6.07) is 0.549. The van der Waals surface area contributed by atoms with Gasteiger partial charge in [-0.15, -0.1) is 0 Å². The number of aliphatic hydroxyl groups excluding tert-OH is 1. The molecule has 0 heterocycles. The fourth-order valence-corrected chi connectivity index (χ4v) is 6.05. The highest BCUT2D eigenvalue weighted by atomic mass is 32.1. The van der Waals surface area contributed by atoms with Gasteiger partial charge in [0.2, 0.25) is 18.2 Å². The van der Waals surface area contributed by atoms with Crippen LogP contribution in [0.1, 0.15) is 196 Å². The highest BCUT2D eigenvalue weighted by Crippen LogP contribution is 2.31. The van der Waals surface area contributed by atoms with Crippen molar-refractivity contribution in [2.24, 2.45) is 5.92 Å². The van der Waals surface area contributed by atoms with Crippen LogP contribution in [0, 0.1) is 5.92 Å². The van der Waals surface area contributed by atoms with Crippen LogP contribution in [0.4, 0.5) is 4.53 Å². The molecule has 0 aliphatic heterocycles. The second kappa shape index (κ2) is 63.1. The van der Waals surface area contributed by atoms with Gasteiger partial charge >= 0.3 is 5.97 Å². The van der Waals surface area contributed by atoms with E-state index in [4.69, 9.17) is 24.1 Å². The molecule has 6 N–H and O–H groups in total. The quantitative estimate of drug-likeness (QED) is 0.0131. The molecule has 16 nitrogen and oxygen atoms in total. The van der Waals surface area contributed by atoms with E-state index in [-0.39, 0.29) is 44.1 Å². The van der Waals surface area contributed by atoms with Crippen LogP contribution in [0.15, 0.2) is 11.3 Å². The molecule has 0 aromatic rings. The molecule has 69 heavy (non-hydrogen) atoms. The highest BCUT2D eigenvalue weighted by Gasteiger charge is 2.19. The van der Waals surface area contributed by atoms with Gasteiger partial charge in [0.25, 0.3) is 0 Å². The zero-order chi connectivity index (χ0) is 52.3. The van der Waals surface area contributed by atoms with E-state index in [0.29, 0.717) is 96.6 Å². The number of aliphatic hydroxyl groups is 1. The van der Waals surface area contributed by atoms with Crippen molar-refractivity contribution in [3.63, 3.8) is 0 Å². The summed E-state index contributed by atoms with van der Waals surface area (Å²) in [5.74, 6) is -0.396. The lowest BCUT2D eigenvalue weighted by Crippen LogP contribution is -2.30. The van der Waals surface area contributed by atoms with Crippen LogP contribution in [-0.2, 0) is 47.9 Å². The van der Waals surface area contributed by atoms with Crippen molar-refractivity contribution in [1.82, 2.24) is 20.7 Å². The molecule has 1 saturated carbocycles. The first-order valence-electron chi connectivity index (χ1n) is 26.2. The summed E-state index contributed by atoms with van der Waals surface area (Å²) >= 11 is 3.85. The van der Waals surface area contributed by atoms with Crippen LogP contribution in [0.25, 0.3) is 0 Å². The topological polar surface area (TPSA) is 220 Å². The van der Waals surface area contributed by atoms with Gasteiger partial charge in [0.15, 0.2) is 0 Å². The highest BCUT2D eigenvalue weighted by molar-refractivity contribution is 7.78. The molecule has 2 unspecified atom stereocenters. The lowest BCUT2D eigenvalue weighted by atomic mass is 9.87. The van der Waals surface area contributed by atoms with Gasteiger partial charge in [0, 0.05) is 57.5 Å². The average molecular weight is 1010 g/mol. The fraction of sp³-hybridized carbons (Fsp3) is 0.863. The monoisotopic (exact) mass is 1010 g/mol. The van der Waals surface area contributed by atoms with Crippen LogP contribution in [0.5, 0.6) is 0 Å². The molecule has 0 spiro atoms. The molecule has 1 fully saturated rings. The van der Waals surface area contributed by atoms with Gasteiger partial charge in [-0.1, -0.05) is 130 Å². The van der Waals surface area contributed by atoms with Crippen molar-refractivity contribution in [3.05, 3.63) is 11.3 Å². The Balaban J connectivity index is -0.000000414. The predicted molar refractivity (Wildman–Crippen MR) is 278 cm³/mol. The Morgan fingerprint density at radius 3 is 1.58 bits per heavy atom. The second-order valence-electron chi connectivity index (χ2n) is 16.8. The number of hydrogen-bond donors (Lipinski definition) is 7. The third-order valence-electron chi connectivity index (χ3n) is 10.5. The van der Waals surface area contributed by atoms with Crippen LogP contribution in [0.3, 0.4) is 0 Å². The number of carboxylic acids is 1. The molecular weight excluding hydrogens is 912 g/mol. The lowest BCUT2D eigenvalue weighted by Gasteiger charge is -2.22. The van der Waals surface area contributed by atoms with E-state index in [0.717, 1.165) is 44.8 Å². The fourth-order valence-electron chi connectivity index (χ4n) is 5.87. The molecule has 3 amide bonds. The maximum Gasteiger partial charge on any atom is 0.303 e. The molecule has 1 aliphatic carbocycles. The van der Waals surface area contributed by atoms with E-state index in [2.05, 4.69) is 59.2 Å². The van der Waals surface area contributed by atoms with Crippen molar-refractivity contribution >= 4 is 43.3 Å². The van der Waals surface area contributed by atoms with Crippen LogP contribution in [-0.4, -0.2) is 126 Å². The molecule has 2 atom stereocenters. The van der Waals surface area contributed by atoms with Crippen LogP contribution >= 0.6 is 12.8 Å². The van der Waals surface area contributed by atoms with Crippen molar-refractivity contribution in [3.8, 4) is 0 Å². The summed E-state index contributed by atoms with van der Waals surface area (Å²) in [5, 5.41) is 26.1. The largest absolute Gasteiger partial charge is 0.512 e. The standard InChI is InChI=1S/C18H36O2.C16H29NO4.C9H17FN2O5.C4H11NS.C4H8O/c1-2-3-4-5-6-7-8-9-10-11-12-13-14-15-16-17-18(19)20;1-3-20-11-12-21-10-9-17-15(18)8-7-13(2)16(19)14-5-4-6-14;10-17-4-2-12-9(14)7-16-6-5-15-3-1-11-8-13;1-3-4(2)5-6;1-2-3-4-5/h2-17H2,1H3,(H,19,20);13,19H,3-12H2,1-2H3,(H,17,18);8H,1-7H2,(H,11,13)(H,12,14);4-6H,3H2,1-2H3;4H,2-3H2,1H3. The van der Waals surface area contributed by atoms with E-state index in [1.54, 1.807) is 0 Å². The number of rotatable bonds is 43. The molecule has 410 valence electrons. The minimum absolute atomic E-state index is 0.0154. The molecule has 1 aliphatic rings. The number of aldehydes is 1. The maximum atomic E-state index is 11.7. The molecule has 0 aromatic heterocycles. The first-order valence-corrected chi connectivity index (χ1v) is 26.6. The second-order valence-corrected chi connectivity index (χ2v) is 17.1. The van der Waals surface area contributed by atoms with E-state index in [1.807, 2.05) is 20.8 Å². The number of aliphatic carboxylic acids is 1. The third kappa shape index (κ3) is 65.1. The number of thiol groups is 1. The lowest BCUT2D eigenvalue weighted by molar-refractivity contribution is -0.137. The number of nitrogens with one attached hydrogen (secondary N) is 4. The molecule has 0 bridgehead atoms. The van der Waals surface area contributed by atoms with Gasteiger partial charge in [-0.25, -0.2) is 0 Å². The van der Waals surface area contributed by atoms with E-state index < -0.39 is 5.97 Å².